The lowest BCUT2D eigenvalue weighted by molar-refractivity contribution is 0.152. The van der Waals surface area contributed by atoms with Gasteiger partial charge < -0.3 is 15.4 Å². The Labute approximate surface area is 145 Å². The second kappa shape index (κ2) is 6.22. The van der Waals surface area contributed by atoms with E-state index in [1.54, 1.807) is 0 Å². The number of H-pyrrole nitrogens is 1. The molecule has 1 aliphatic heterocycles. The summed E-state index contributed by atoms with van der Waals surface area (Å²) in [6, 6.07) is 12.5. The highest BCUT2D eigenvalue weighted by atomic mass is 35.5. The van der Waals surface area contributed by atoms with Crippen LogP contribution in [0, 0.1) is 0 Å². The molecular formula is C19H20ClN3O. The second-order valence-electron chi connectivity index (χ2n) is 6.16. The van der Waals surface area contributed by atoms with Gasteiger partial charge in [0.1, 0.15) is 6.23 Å². The average molecular weight is 342 g/mol. The van der Waals surface area contributed by atoms with Crippen molar-refractivity contribution in [1.29, 1.82) is 0 Å². The Balaban J connectivity index is 1.79. The molecule has 24 heavy (non-hydrogen) atoms. The number of aromatic amines is 1. The van der Waals surface area contributed by atoms with E-state index in [-0.39, 0.29) is 0 Å². The summed E-state index contributed by atoms with van der Waals surface area (Å²) >= 11 is 6.27. The first-order valence-corrected chi connectivity index (χ1v) is 8.60. The normalized spacial score (nSPS) is 16.7. The summed E-state index contributed by atoms with van der Waals surface area (Å²) in [5.74, 6) is 0. The Morgan fingerprint density at radius 3 is 2.96 bits per heavy atom. The minimum atomic E-state index is -0.676. The van der Waals surface area contributed by atoms with Crippen LogP contribution in [0.2, 0.25) is 5.02 Å². The molecule has 0 bridgehead atoms. The van der Waals surface area contributed by atoms with Crippen LogP contribution in [0.25, 0.3) is 22.2 Å². The molecule has 0 saturated heterocycles. The number of benzene rings is 2. The SMILES string of the molecule is CCNCc1ccc2[nH]c(-c3ccc(Cl)c4c3C(O)NC4)cc2c1. The van der Waals surface area contributed by atoms with Gasteiger partial charge in [0.05, 0.1) is 0 Å². The molecule has 1 unspecified atom stereocenters. The highest BCUT2D eigenvalue weighted by Gasteiger charge is 2.26. The van der Waals surface area contributed by atoms with Crippen LogP contribution in [0.4, 0.5) is 0 Å². The van der Waals surface area contributed by atoms with Crippen molar-refractivity contribution < 1.29 is 5.11 Å². The summed E-state index contributed by atoms with van der Waals surface area (Å²) in [5.41, 5.74) is 6.21. The number of fused-ring (bicyclic) bond motifs is 2. The van der Waals surface area contributed by atoms with E-state index in [4.69, 9.17) is 11.6 Å². The van der Waals surface area contributed by atoms with Gasteiger partial charge in [-0.3, -0.25) is 5.32 Å². The highest BCUT2D eigenvalue weighted by Crippen LogP contribution is 2.38. The van der Waals surface area contributed by atoms with Gasteiger partial charge in [-0.1, -0.05) is 30.7 Å². The van der Waals surface area contributed by atoms with Crippen molar-refractivity contribution in [2.75, 3.05) is 6.54 Å². The Morgan fingerprint density at radius 2 is 2.12 bits per heavy atom. The predicted molar refractivity (Wildman–Crippen MR) is 97.9 cm³/mol. The van der Waals surface area contributed by atoms with Crippen LogP contribution in [0.1, 0.15) is 29.8 Å². The van der Waals surface area contributed by atoms with E-state index in [2.05, 4.69) is 46.8 Å². The lowest BCUT2D eigenvalue weighted by Crippen LogP contribution is -2.11. The zero-order valence-electron chi connectivity index (χ0n) is 13.5. The Kier molecular flexibility index (Phi) is 4.06. The fourth-order valence-corrected chi connectivity index (χ4v) is 3.60. The van der Waals surface area contributed by atoms with Crippen molar-refractivity contribution in [1.82, 2.24) is 15.6 Å². The molecule has 4 N–H and O–H groups in total. The van der Waals surface area contributed by atoms with E-state index in [9.17, 15) is 5.11 Å². The topological polar surface area (TPSA) is 60.1 Å². The molecule has 0 fully saturated rings. The minimum absolute atomic E-state index is 0.593. The highest BCUT2D eigenvalue weighted by molar-refractivity contribution is 6.31. The first-order chi connectivity index (χ1) is 11.7. The van der Waals surface area contributed by atoms with Gasteiger partial charge in [-0.2, -0.15) is 0 Å². The average Bonchev–Trinajstić information content (AvgIpc) is 3.17. The smallest absolute Gasteiger partial charge is 0.132 e. The van der Waals surface area contributed by atoms with Crippen LogP contribution in [0.15, 0.2) is 36.4 Å². The number of nitrogens with one attached hydrogen (secondary N) is 3. The number of aliphatic hydroxyl groups is 1. The summed E-state index contributed by atoms with van der Waals surface area (Å²) < 4.78 is 0. The molecule has 4 nitrogen and oxygen atoms in total. The molecule has 124 valence electrons. The van der Waals surface area contributed by atoms with Gasteiger partial charge in [0.25, 0.3) is 0 Å². The largest absolute Gasteiger partial charge is 0.374 e. The summed E-state index contributed by atoms with van der Waals surface area (Å²) in [7, 11) is 0. The fraction of sp³-hybridized carbons (Fsp3) is 0.263. The summed E-state index contributed by atoms with van der Waals surface area (Å²) in [5, 5.41) is 18.5. The van der Waals surface area contributed by atoms with Crippen molar-refractivity contribution in [3.05, 3.63) is 58.1 Å². The van der Waals surface area contributed by atoms with Gasteiger partial charge in [-0.05, 0) is 41.9 Å². The zero-order valence-corrected chi connectivity index (χ0v) is 14.2. The lowest BCUT2D eigenvalue weighted by Gasteiger charge is -2.11. The van der Waals surface area contributed by atoms with Crippen molar-refractivity contribution in [2.45, 2.75) is 26.2 Å². The first-order valence-electron chi connectivity index (χ1n) is 8.23. The maximum absolute atomic E-state index is 10.3. The fourth-order valence-electron chi connectivity index (χ4n) is 3.37. The van der Waals surface area contributed by atoms with Gasteiger partial charge in [-0.25, -0.2) is 0 Å². The molecule has 2 aromatic carbocycles. The van der Waals surface area contributed by atoms with Crippen LogP contribution in [-0.4, -0.2) is 16.6 Å². The van der Waals surface area contributed by atoms with Crippen LogP contribution >= 0.6 is 11.6 Å². The standard InChI is InChI=1S/C19H20ClN3O/c1-2-21-9-11-3-6-16-12(7-11)8-17(23-16)13-4-5-15(20)14-10-22-19(24)18(13)14/h3-8,19,21-24H,2,9-10H2,1H3. The maximum atomic E-state index is 10.3. The molecule has 0 aliphatic carbocycles. The number of halogens is 1. The number of hydrogen-bond acceptors (Lipinski definition) is 3. The molecule has 0 amide bonds. The molecule has 0 spiro atoms. The summed E-state index contributed by atoms with van der Waals surface area (Å²) in [6.07, 6.45) is -0.676. The Bertz CT molecular complexity index is 903. The third-order valence-electron chi connectivity index (χ3n) is 4.60. The van der Waals surface area contributed by atoms with Crippen LogP contribution in [0.5, 0.6) is 0 Å². The third kappa shape index (κ3) is 2.62. The Hall–Kier alpha value is -1.85. The number of rotatable bonds is 4. The lowest BCUT2D eigenvalue weighted by atomic mass is 10.00. The molecule has 0 radical (unpaired) electrons. The summed E-state index contributed by atoms with van der Waals surface area (Å²) in [6.45, 7) is 4.52. The van der Waals surface area contributed by atoms with E-state index < -0.39 is 6.23 Å². The van der Waals surface area contributed by atoms with Crippen molar-refractivity contribution in [3.63, 3.8) is 0 Å². The molecule has 1 atom stereocenters. The third-order valence-corrected chi connectivity index (χ3v) is 4.95. The van der Waals surface area contributed by atoms with E-state index in [0.717, 1.165) is 41.0 Å². The number of aromatic nitrogens is 1. The quantitative estimate of drug-likeness (QED) is 0.585. The zero-order chi connectivity index (χ0) is 16.7. The molecule has 1 aliphatic rings. The second-order valence-corrected chi connectivity index (χ2v) is 6.56. The maximum Gasteiger partial charge on any atom is 0.132 e. The van der Waals surface area contributed by atoms with Gasteiger partial charge >= 0.3 is 0 Å². The van der Waals surface area contributed by atoms with Crippen molar-refractivity contribution >= 4 is 22.5 Å². The number of hydrogen-bond donors (Lipinski definition) is 4. The predicted octanol–water partition coefficient (Wildman–Crippen LogP) is 3.69. The van der Waals surface area contributed by atoms with Crippen LogP contribution in [0.3, 0.4) is 0 Å². The van der Waals surface area contributed by atoms with Crippen molar-refractivity contribution in [2.24, 2.45) is 0 Å². The molecular weight excluding hydrogens is 322 g/mol. The molecule has 0 saturated carbocycles. The minimum Gasteiger partial charge on any atom is -0.374 e. The first kappa shape index (κ1) is 15.7. The molecule has 3 aromatic rings. The van der Waals surface area contributed by atoms with E-state index >= 15 is 0 Å². The van der Waals surface area contributed by atoms with Crippen molar-refractivity contribution in [3.8, 4) is 11.3 Å². The molecule has 5 heteroatoms. The van der Waals surface area contributed by atoms with Gasteiger partial charge in [0.2, 0.25) is 0 Å². The van der Waals surface area contributed by atoms with E-state index in [1.807, 2.05) is 12.1 Å². The molecule has 2 heterocycles. The monoisotopic (exact) mass is 341 g/mol. The van der Waals surface area contributed by atoms with E-state index in [1.165, 1.54) is 10.9 Å². The van der Waals surface area contributed by atoms with Gasteiger partial charge in [-0.15, -0.1) is 0 Å². The van der Waals surface area contributed by atoms with Gasteiger partial charge in [0, 0.05) is 45.8 Å². The molecule has 1 aromatic heterocycles. The number of aliphatic hydroxyl groups excluding tert-OH is 1. The van der Waals surface area contributed by atoms with Crippen LogP contribution < -0.4 is 10.6 Å². The summed E-state index contributed by atoms with van der Waals surface area (Å²) in [4.78, 5) is 3.46. The van der Waals surface area contributed by atoms with E-state index in [0.29, 0.717) is 11.6 Å². The molecule has 4 rings (SSSR count). The van der Waals surface area contributed by atoms with Gasteiger partial charge in [0.15, 0.2) is 0 Å². The Morgan fingerprint density at radius 1 is 1.25 bits per heavy atom. The van der Waals surface area contributed by atoms with Crippen LogP contribution in [-0.2, 0) is 13.1 Å².